The number of urea groups is 1. The summed E-state index contributed by atoms with van der Waals surface area (Å²) in [6, 6.07) is 8.69. The number of hydrogen-bond acceptors (Lipinski definition) is 4. The molecule has 2 N–H and O–H groups in total. The van der Waals surface area contributed by atoms with Gasteiger partial charge in [-0.25, -0.2) is 4.79 Å². The average molecular weight is 384 g/mol. The second kappa shape index (κ2) is 9.36. The van der Waals surface area contributed by atoms with Crippen LogP contribution < -0.4 is 10.6 Å². The van der Waals surface area contributed by atoms with Crippen molar-refractivity contribution in [3.05, 3.63) is 48.3 Å². The van der Waals surface area contributed by atoms with Gasteiger partial charge in [0.25, 0.3) is 5.91 Å². The minimum Gasteiger partial charge on any atom is -0.336 e. The van der Waals surface area contributed by atoms with Crippen molar-refractivity contribution < 1.29 is 9.59 Å². The zero-order valence-electron chi connectivity index (χ0n) is 16.5. The summed E-state index contributed by atoms with van der Waals surface area (Å²) in [5.41, 5.74) is 1.20. The number of carbonyl (C=O) groups excluding carboxylic acids is 2. The van der Waals surface area contributed by atoms with E-state index >= 15 is 0 Å². The molecule has 0 aliphatic carbocycles. The Labute approximate surface area is 165 Å². The molecule has 8 heteroatoms. The number of anilines is 1. The van der Waals surface area contributed by atoms with Gasteiger partial charge in [0, 0.05) is 62.4 Å². The van der Waals surface area contributed by atoms with Gasteiger partial charge in [-0.2, -0.15) is 5.10 Å². The highest BCUT2D eigenvalue weighted by Crippen LogP contribution is 2.14. The number of carbonyl (C=O) groups is 2. The topological polar surface area (TPSA) is 82.5 Å². The van der Waals surface area contributed by atoms with Crippen LogP contribution in [-0.2, 0) is 6.54 Å². The first kappa shape index (κ1) is 19.9. The molecule has 1 aliphatic heterocycles. The number of benzene rings is 1. The quantitative estimate of drug-likeness (QED) is 0.797. The van der Waals surface area contributed by atoms with Crippen molar-refractivity contribution in [3.8, 4) is 0 Å². The second-order valence-electron chi connectivity index (χ2n) is 7.23. The molecule has 3 amide bonds. The van der Waals surface area contributed by atoms with Gasteiger partial charge in [-0.05, 0) is 44.7 Å². The van der Waals surface area contributed by atoms with Gasteiger partial charge in [0.05, 0.1) is 0 Å². The molecule has 28 heavy (non-hydrogen) atoms. The third-order valence-corrected chi connectivity index (χ3v) is 4.89. The summed E-state index contributed by atoms with van der Waals surface area (Å²) in [5, 5.41) is 9.89. The standard InChI is InChI=1S/C20H28N6O2/c1-16(7-10-26-9-4-8-21-26)22-20(28)23-18-6-3-5-17(15-18)19(27)25-13-11-24(2)12-14-25/h3-6,8-9,15-16H,7,10-14H2,1-2H3,(H2,22,23,28)/t16-/m1/s1. The molecule has 1 aromatic heterocycles. The molecule has 1 atom stereocenters. The van der Waals surface area contributed by atoms with Crippen LogP contribution in [0.3, 0.4) is 0 Å². The predicted molar refractivity (Wildman–Crippen MR) is 108 cm³/mol. The first-order chi connectivity index (χ1) is 13.5. The molecule has 1 aliphatic rings. The molecule has 3 rings (SSSR count). The van der Waals surface area contributed by atoms with Gasteiger partial charge < -0.3 is 20.4 Å². The summed E-state index contributed by atoms with van der Waals surface area (Å²) in [5.74, 6) is 0.00440. The highest BCUT2D eigenvalue weighted by atomic mass is 16.2. The summed E-state index contributed by atoms with van der Waals surface area (Å²) in [7, 11) is 2.06. The zero-order chi connectivity index (χ0) is 19.9. The number of hydrogen-bond donors (Lipinski definition) is 2. The first-order valence-electron chi connectivity index (χ1n) is 9.64. The lowest BCUT2D eigenvalue weighted by atomic mass is 10.1. The monoisotopic (exact) mass is 384 g/mol. The summed E-state index contributed by atoms with van der Waals surface area (Å²) in [6.45, 7) is 5.90. The average Bonchev–Trinajstić information content (AvgIpc) is 3.20. The van der Waals surface area contributed by atoms with Crippen molar-refractivity contribution in [3.63, 3.8) is 0 Å². The zero-order valence-corrected chi connectivity index (χ0v) is 16.5. The fourth-order valence-corrected chi connectivity index (χ4v) is 3.14. The number of aromatic nitrogens is 2. The molecule has 2 heterocycles. The Bertz CT molecular complexity index is 784. The molecule has 0 spiro atoms. The van der Waals surface area contributed by atoms with Crippen molar-refractivity contribution >= 4 is 17.6 Å². The Morgan fingerprint density at radius 2 is 1.96 bits per heavy atom. The lowest BCUT2D eigenvalue weighted by Crippen LogP contribution is -2.47. The van der Waals surface area contributed by atoms with Gasteiger partial charge >= 0.3 is 6.03 Å². The van der Waals surface area contributed by atoms with Crippen LogP contribution in [0, 0.1) is 0 Å². The molecule has 1 fully saturated rings. The number of amides is 3. The third-order valence-electron chi connectivity index (χ3n) is 4.89. The van der Waals surface area contributed by atoms with Crippen LogP contribution in [0.2, 0.25) is 0 Å². The number of likely N-dealkylation sites (N-methyl/N-ethyl adjacent to an activating group) is 1. The third kappa shape index (κ3) is 5.56. The Morgan fingerprint density at radius 1 is 1.18 bits per heavy atom. The van der Waals surface area contributed by atoms with Crippen molar-refractivity contribution in [2.24, 2.45) is 0 Å². The number of piperazine rings is 1. The summed E-state index contributed by atoms with van der Waals surface area (Å²) >= 11 is 0. The lowest BCUT2D eigenvalue weighted by Gasteiger charge is -2.32. The van der Waals surface area contributed by atoms with E-state index in [1.165, 1.54) is 0 Å². The maximum Gasteiger partial charge on any atom is 0.319 e. The van der Waals surface area contributed by atoms with E-state index in [0.717, 1.165) is 39.1 Å². The van der Waals surface area contributed by atoms with Gasteiger partial charge in [-0.3, -0.25) is 9.48 Å². The molecule has 0 saturated carbocycles. The highest BCUT2D eigenvalue weighted by Gasteiger charge is 2.20. The van der Waals surface area contributed by atoms with Gasteiger partial charge in [0.15, 0.2) is 0 Å². The van der Waals surface area contributed by atoms with E-state index in [4.69, 9.17) is 0 Å². The Morgan fingerprint density at radius 3 is 2.68 bits per heavy atom. The number of aryl methyl sites for hydroxylation is 1. The predicted octanol–water partition coefficient (Wildman–Crippen LogP) is 1.87. The van der Waals surface area contributed by atoms with E-state index in [0.29, 0.717) is 11.3 Å². The van der Waals surface area contributed by atoms with Crippen LogP contribution in [-0.4, -0.2) is 70.8 Å². The van der Waals surface area contributed by atoms with Crippen molar-refractivity contribution in [1.29, 1.82) is 0 Å². The summed E-state index contributed by atoms with van der Waals surface area (Å²) in [6.07, 6.45) is 4.41. The molecule has 2 aromatic rings. The number of nitrogens with one attached hydrogen (secondary N) is 2. The van der Waals surface area contributed by atoms with Crippen LogP contribution in [0.1, 0.15) is 23.7 Å². The molecule has 1 aromatic carbocycles. The highest BCUT2D eigenvalue weighted by molar-refractivity contribution is 5.97. The Hall–Kier alpha value is -2.87. The SMILES string of the molecule is C[C@H](CCn1cccn1)NC(=O)Nc1cccc(C(=O)N2CCN(C)CC2)c1. The molecule has 150 valence electrons. The van der Waals surface area contributed by atoms with Gasteiger partial charge in [0.2, 0.25) is 0 Å². The van der Waals surface area contributed by atoms with Crippen LogP contribution >= 0.6 is 0 Å². The molecule has 8 nitrogen and oxygen atoms in total. The van der Waals surface area contributed by atoms with E-state index in [-0.39, 0.29) is 18.0 Å². The molecule has 1 saturated heterocycles. The van der Waals surface area contributed by atoms with Crippen LogP contribution in [0.15, 0.2) is 42.7 Å². The number of nitrogens with zero attached hydrogens (tertiary/aromatic N) is 4. The number of rotatable bonds is 6. The minimum absolute atomic E-state index is 0.000598. The second-order valence-corrected chi connectivity index (χ2v) is 7.23. The Kier molecular flexibility index (Phi) is 6.65. The van der Waals surface area contributed by atoms with Gasteiger partial charge in [0.1, 0.15) is 0 Å². The van der Waals surface area contributed by atoms with Gasteiger partial charge in [-0.15, -0.1) is 0 Å². The largest absolute Gasteiger partial charge is 0.336 e. The van der Waals surface area contributed by atoms with Crippen molar-refractivity contribution in [1.82, 2.24) is 24.9 Å². The van der Waals surface area contributed by atoms with Crippen LogP contribution in [0.4, 0.5) is 10.5 Å². The van der Waals surface area contributed by atoms with E-state index in [1.54, 1.807) is 30.5 Å². The summed E-state index contributed by atoms with van der Waals surface area (Å²) in [4.78, 5) is 29.0. The van der Waals surface area contributed by atoms with Crippen LogP contribution in [0.25, 0.3) is 0 Å². The van der Waals surface area contributed by atoms with Crippen molar-refractivity contribution in [2.45, 2.75) is 25.9 Å². The van der Waals surface area contributed by atoms with E-state index in [9.17, 15) is 9.59 Å². The first-order valence-corrected chi connectivity index (χ1v) is 9.64. The maximum atomic E-state index is 12.7. The Balaban J connectivity index is 1.50. The van der Waals surface area contributed by atoms with Gasteiger partial charge in [-0.1, -0.05) is 6.07 Å². The fourth-order valence-electron chi connectivity index (χ4n) is 3.14. The lowest BCUT2D eigenvalue weighted by molar-refractivity contribution is 0.0664. The minimum atomic E-state index is -0.280. The molecular weight excluding hydrogens is 356 g/mol. The molecular formula is C20H28N6O2. The normalized spacial score (nSPS) is 15.9. The van der Waals surface area contributed by atoms with E-state index in [2.05, 4.69) is 27.7 Å². The van der Waals surface area contributed by atoms with Crippen molar-refractivity contribution in [2.75, 3.05) is 38.5 Å². The molecule has 0 bridgehead atoms. The fraction of sp³-hybridized carbons (Fsp3) is 0.450. The van der Waals surface area contributed by atoms with Crippen LogP contribution in [0.5, 0.6) is 0 Å². The molecule has 0 unspecified atom stereocenters. The smallest absolute Gasteiger partial charge is 0.319 e. The van der Waals surface area contributed by atoms with E-state index < -0.39 is 0 Å². The summed E-state index contributed by atoms with van der Waals surface area (Å²) < 4.78 is 1.84. The van der Waals surface area contributed by atoms with E-state index in [1.807, 2.05) is 28.8 Å². The molecule has 0 radical (unpaired) electrons. The maximum absolute atomic E-state index is 12.7.